The minimum Gasteiger partial charge on any atom is -0.478 e. The summed E-state index contributed by atoms with van der Waals surface area (Å²) in [5.74, 6) is -1.06. The molecule has 0 radical (unpaired) electrons. The van der Waals surface area contributed by atoms with Crippen LogP contribution in [0.2, 0.25) is 0 Å². The molecule has 3 rings (SSSR count). The third-order valence-corrected chi connectivity index (χ3v) is 3.10. The fourth-order valence-corrected chi connectivity index (χ4v) is 2.00. The lowest BCUT2D eigenvalue weighted by molar-refractivity contribution is 0.0697. The van der Waals surface area contributed by atoms with Crippen molar-refractivity contribution < 1.29 is 14.4 Å². The number of nitrogens with zero attached hydrogens (tertiary/aromatic N) is 2. The van der Waals surface area contributed by atoms with E-state index in [1.807, 2.05) is 18.2 Å². The molecule has 0 amide bonds. The van der Waals surface area contributed by atoms with Gasteiger partial charge in [-0.25, -0.2) is 14.7 Å². The van der Waals surface area contributed by atoms with Gasteiger partial charge in [0.2, 0.25) is 0 Å². The molecule has 7 heteroatoms. The van der Waals surface area contributed by atoms with Crippen LogP contribution in [0, 0.1) is 0 Å². The van der Waals surface area contributed by atoms with Gasteiger partial charge in [0.25, 0.3) is 0 Å². The van der Waals surface area contributed by atoms with Gasteiger partial charge < -0.3 is 9.63 Å². The van der Waals surface area contributed by atoms with E-state index in [9.17, 15) is 9.59 Å². The van der Waals surface area contributed by atoms with Crippen LogP contribution in [0.5, 0.6) is 0 Å². The van der Waals surface area contributed by atoms with Crippen molar-refractivity contribution in [3.8, 4) is 11.3 Å². The minimum atomic E-state index is -1.06. The predicted molar refractivity (Wildman–Crippen MR) is 82.3 cm³/mol. The Labute approximate surface area is 129 Å². The molecule has 0 aliphatic carbocycles. The van der Waals surface area contributed by atoms with Crippen molar-refractivity contribution in [2.45, 2.75) is 0 Å². The Morgan fingerprint density at radius 1 is 1.04 bits per heavy atom. The summed E-state index contributed by atoms with van der Waals surface area (Å²) in [4.78, 5) is 22.7. The van der Waals surface area contributed by atoms with E-state index in [0.29, 0.717) is 11.4 Å². The number of H-pyrrole nitrogens is 1. The SMILES string of the molecule is O=C(O)c1cccc(N=Nc2c(-c3ccccc3)[nH]oc2=O)c1. The number of carboxylic acids is 1. The molecule has 0 spiro atoms. The fourth-order valence-electron chi connectivity index (χ4n) is 2.00. The first-order chi connectivity index (χ1) is 11.1. The number of rotatable bonds is 4. The Morgan fingerprint density at radius 2 is 1.83 bits per heavy atom. The van der Waals surface area contributed by atoms with Crippen LogP contribution in [0.25, 0.3) is 11.3 Å². The lowest BCUT2D eigenvalue weighted by Crippen LogP contribution is -1.94. The maximum absolute atomic E-state index is 11.8. The predicted octanol–water partition coefficient (Wildman–Crippen LogP) is 3.75. The largest absolute Gasteiger partial charge is 0.478 e. The van der Waals surface area contributed by atoms with Crippen molar-refractivity contribution in [3.05, 3.63) is 70.6 Å². The second kappa shape index (κ2) is 6.10. The van der Waals surface area contributed by atoms with Crippen LogP contribution in [-0.2, 0) is 0 Å². The molecule has 0 unspecified atom stereocenters. The molecular weight excluding hydrogens is 298 g/mol. The van der Waals surface area contributed by atoms with Gasteiger partial charge >= 0.3 is 11.6 Å². The normalized spacial score (nSPS) is 11.0. The van der Waals surface area contributed by atoms with E-state index in [1.54, 1.807) is 24.3 Å². The molecule has 0 aliphatic rings. The van der Waals surface area contributed by atoms with Crippen LogP contribution in [0.15, 0.2) is 74.1 Å². The lowest BCUT2D eigenvalue weighted by Gasteiger charge is -1.97. The molecule has 0 saturated carbocycles. The molecule has 0 fully saturated rings. The molecule has 1 heterocycles. The Kier molecular flexibility index (Phi) is 3.84. The summed E-state index contributed by atoms with van der Waals surface area (Å²) in [7, 11) is 0. The van der Waals surface area contributed by atoms with E-state index in [4.69, 9.17) is 9.63 Å². The van der Waals surface area contributed by atoms with Gasteiger partial charge in [0.15, 0.2) is 5.69 Å². The number of nitrogens with one attached hydrogen (secondary N) is 1. The average molecular weight is 309 g/mol. The van der Waals surface area contributed by atoms with Gasteiger partial charge in [-0.15, -0.1) is 5.11 Å². The summed E-state index contributed by atoms with van der Waals surface area (Å²) >= 11 is 0. The average Bonchev–Trinajstić information content (AvgIpc) is 2.95. The van der Waals surface area contributed by atoms with Crippen molar-refractivity contribution in [1.29, 1.82) is 0 Å². The lowest BCUT2D eigenvalue weighted by atomic mass is 10.1. The molecule has 1 aromatic heterocycles. The number of aromatic amines is 1. The quantitative estimate of drug-likeness (QED) is 0.715. The van der Waals surface area contributed by atoms with Gasteiger partial charge in [-0.2, -0.15) is 5.11 Å². The highest BCUT2D eigenvalue weighted by atomic mass is 16.5. The van der Waals surface area contributed by atoms with E-state index < -0.39 is 11.6 Å². The van der Waals surface area contributed by atoms with E-state index >= 15 is 0 Å². The highest BCUT2D eigenvalue weighted by Gasteiger charge is 2.13. The Hall–Kier alpha value is -3.48. The summed E-state index contributed by atoms with van der Waals surface area (Å²) in [5.41, 5.74) is 0.926. The number of azo groups is 1. The molecule has 0 aliphatic heterocycles. The number of hydrogen-bond donors (Lipinski definition) is 2. The van der Waals surface area contributed by atoms with Gasteiger partial charge in [0.1, 0.15) is 5.69 Å². The second-order valence-corrected chi connectivity index (χ2v) is 4.64. The maximum atomic E-state index is 11.8. The van der Waals surface area contributed by atoms with Crippen LogP contribution in [0.3, 0.4) is 0 Å². The first kappa shape index (κ1) is 14.5. The number of hydrogen-bond acceptors (Lipinski definition) is 5. The minimum absolute atomic E-state index is 0.0249. The molecule has 2 aromatic carbocycles. The van der Waals surface area contributed by atoms with E-state index in [-0.39, 0.29) is 11.3 Å². The van der Waals surface area contributed by atoms with Crippen molar-refractivity contribution in [1.82, 2.24) is 5.16 Å². The first-order valence-electron chi connectivity index (χ1n) is 6.67. The number of aromatic nitrogens is 1. The monoisotopic (exact) mass is 309 g/mol. The van der Waals surface area contributed by atoms with Crippen molar-refractivity contribution in [2.24, 2.45) is 10.2 Å². The van der Waals surface area contributed by atoms with E-state index in [1.165, 1.54) is 12.1 Å². The van der Waals surface area contributed by atoms with Gasteiger partial charge in [-0.1, -0.05) is 36.4 Å². The van der Waals surface area contributed by atoms with Crippen molar-refractivity contribution in [2.75, 3.05) is 0 Å². The molecule has 0 bridgehead atoms. The summed E-state index contributed by atoms with van der Waals surface area (Å²) < 4.78 is 4.77. The summed E-state index contributed by atoms with van der Waals surface area (Å²) in [6, 6.07) is 15.0. The summed E-state index contributed by atoms with van der Waals surface area (Å²) in [5, 5.41) is 19.3. The van der Waals surface area contributed by atoms with Crippen LogP contribution in [0.1, 0.15) is 10.4 Å². The molecule has 0 atom stereocenters. The van der Waals surface area contributed by atoms with Gasteiger partial charge in [0.05, 0.1) is 11.3 Å². The number of carboxylic acid groups (broad SMARTS) is 1. The standard InChI is InChI=1S/C16H11N3O4/c20-15(21)11-7-4-8-12(9-11)17-18-14-13(19-23-16(14)22)10-5-2-1-3-6-10/h1-9,19H,(H,20,21). The Bertz CT molecular complexity index is 926. The topological polar surface area (TPSA) is 108 Å². The van der Waals surface area contributed by atoms with Crippen molar-refractivity contribution in [3.63, 3.8) is 0 Å². The first-order valence-corrected chi connectivity index (χ1v) is 6.67. The molecule has 3 aromatic rings. The van der Waals surface area contributed by atoms with E-state index in [0.717, 1.165) is 5.56 Å². The summed E-state index contributed by atoms with van der Waals surface area (Å²) in [6.45, 7) is 0. The summed E-state index contributed by atoms with van der Waals surface area (Å²) in [6.07, 6.45) is 0. The zero-order chi connectivity index (χ0) is 16.2. The van der Waals surface area contributed by atoms with E-state index in [2.05, 4.69) is 15.4 Å². The van der Waals surface area contributed by atoms with Gasteiger partial charge in [0, 0.05) is 5.56 Å². The molecule has 2 N–H and O–H groups in total. The van der Waals surface area contributed by atoms with Crippen LogP contribution in [0.4, 0.5) is 11.4 Å². The third-order valence-electron chi connectivity index (χ3n) is 3.10. The Morgan fingerprint density at radius 3 is 2.57 bits per heavy atom. The number of aromatic carboxylic acids is 1. The van der Waals surface area contributed by atoms with Crippen LogP contribution in [-0.4, -0.2) is 16.2 Å². The van der Waals surface area contributed by atoms with Crippen molar-refractivity contribution >= 4 is 17.3 Å². The Balaban J connectivity index is 1.98. The third kappa shape index (κ3) is 3.08. The smallest absolute Gasteiger partial charge is 0.385 e. The van der Waals surface area contributed by atoms with Crippen LogP contribution >= 0.6 is 0 Å². The molecule has 0 saturated heterocycles. The number of carbonyl (C=O) groups is 1. The fraction of sp³-hybridized carbons (Fsp3) is 0. The highest BCUT2D eigenvalue weighted by molar-refractivity contribution is 5.88. The van der Waals surface area contributed by atoms with Crippen LogP contribution < -0.4 is 5.63 Å². The molecular formula is C16H11N3O4. The zero-order valence-electron chi connectivity index (χ0n) is 11.8. The van der Waals surface area contributed by atoms with Gasteiger partial charge in [-0.3, -0.25) is 0 Å². The number of benzene rings is 2. The molecule has 23 heavy (non-hydrogen) atoms. The van der Waals surface area contributed by atoms with Gasteiger partial charge in [-0.05, 0) is 18.2 Å². The highest BCUT2D eigenvalue weighted by Crippen LogP contribution is 2.27. The zero-order valence-corrected chi connectivity index (χ0v) is 11.8. The molecule has 7 nitrogen and oxygen atoms in total. The maximum Gasteiger partial charge on any atom is 0.385 e. The molecule has 114 valence electrons. The second-order valence-electron chi connectivity index (χ2n) is 4.64.